The lowest BCUT2D eigenvalue weighted by atomic mass is 9.65. The van der Waals surface area contributed by atoms with Gasteiger partial charge < -0.3 is 5.11 Å². The van der Waals surface area contributed by atoms with Crippen molar-refractivity contribution in [1.29, 1.82) is 0 Å². The summed E-state index contributed by atoms with van der Waals surface area (Å²) in [6.45, 7) is 10.8. The molecule has 14 heavy (non-hydrogen) atoms. The zero-order valence-electron chi connectivity index (χ0n) is 10.2. The van der Waals surface area contributed by atoms with E-state index in [4.69, 9.17) is 0 Å². The molecule has 1 rings (SSSR count). The second-order valence-electron chi connectivity index (χ2n) is 5.27. The fourth-order valence-electron chi connectivity index (χ4n) is 2.99. The van der Waals surface area contributed by atoms with Gasteiger partial charge in [-0.05, 0) is 43.1 Å². The van der Waals surface area contributed by atoms with E-state index in [0.29, 0.717) is 17.8 Å². The molecule has 0 unspecified atom stereocenters. The number of allylic oxidation sites excluding steroid dienone is 1. The highest BCUT2D eigenvalue weighted by atomic mass is 16.3. The Hall–Kier alpha value is -0.300. The molecule has 0 saturated heterocycles. The van der Waals surface area contributed by atoms with E-state index in [-0.39, 0.29) is 0 Å². The Labute approximate surface area is 88.2 Å². The lowest BCUT2D eigenvalue weighted by Gasteiger charge is -2.44. The first-order valence-corrected chi connectivity index (χ1v) is 5.80. The number of rotatable bonds is 1. The summed E-state index contributed by atoms with van der Waals surface area (Å²) in [7, 11) is 0. The molecule has 1 aliphatic carbocycles. The second-order valence-corrected chi connectivity index (χ2v) is 5.27. The summed E-state index contributed by atoms with van der Waals surface area (Å²) >= 11 is 0. The Kier molecular flexibility index (Phi) is 3.41. The van der Waals surface area contributed by atoms with Crippen LogP contribution in [0.2, 0.25) is 0 Å². The van der Waals surface area contributed by atoms with Crippen molar-refractivity contribution < 1.29 is 5.11 Å². The molecule has 1 nitrogen and oxygen atoms in total. The maximum atomic E-state index is 10.7. The molecule has 0 spiro atoms. The third-order valence-electron chi connectivity index (χ3n) is 3.71. The van der Waals surface area contributed by atoms with Crippen molar-refractivity contribution >= 4 is 0 Å². The van der Waals surface area contributed by atoms with Crippen LogP contribution in [0.3, 0.4) is 0 Å². The monoisotopic (exact) mass is 196 g/mol. The minimum Gasteiger partial charge on any atom is -0.385 e. The molecule has 1 N–H and O–H groups in total. The van der Waals surface area contributed by atoms with E-state index in [1.807, 2.05) is 0 Å². The van der Waals surface area contributed by atoms with E-state index in [9.17, 15) is 5.11 Å². The maximum absolute atomic E-state index is 10.7. The van der Waals surface area contributed by atoms with Crippen LogP contribution in [0, 0.1) is 17.8 Å². The van der Waals surface area contributed by atoms with Gasteiger partial charge >= 0.3 is 0 Å². The molecule has 0 aliphatic heterocycles. The van der Waals surface area contributed by atoms with Crippen LogP contribution in [0.1, 0.15) is 47.5 Å². The van der Waals surface area contributed by atoms with Crippen LogP contribution in [0.4, 0.5) is 0 Å². The molecule has 82 valence electrons. The van der Waals surface area contributed by atoms with Crippen LogP contribution in [0.15, 0.2) is 11.6 Å². The highest BCUT2D eigenvalue weighted by molar-refractivity contribution is 5.22. The van der Waals surface area contributed by atoms with Crippen molar-refractivity contribution in [2.75, 3.05) is 0 Å². The summed E-state index contributed by atoms with van der Waals surface area (Å²) in [4.78, 5) is 0. The smallest absolute Gasteiger partial charge is 0.0884 e. The van der Waals surface area contributed by atoms with Crippen LogP contribution in [0.5, 0.6) is 0 Å². The zero-order valence-corrected chi connectivity index (χ0v) is 10.2. The Balaban J connectivity index is 3.00. The third-order valence-corrected chi connectivity index (χ3v) is 3.71. The van der Waals surface area contributed by atoms with E-state index in [2.05, 4.69) is 40.7 Å². The lowest BCUT2D eigenvalue weighted by molar-refractivity contribution is -0.0177. The quantitative estimate of drug-likeness (QED) is 0.637. The Bertz CT molecular complexity index is 229. The molecular formula is C13H24O. The molecule has 1 saturated carbocycles. The van der Waals surface area contributed by atoms with E-state index < -0.39 is 5.60 Å². The minimum atomic E-state index is -0.550. The first-order chi connectivity index (χ1) is 6.41. The summed E-state index contributed by atoms with van der Waals surface area (Å²) in [6, 6.07) is 0. The summed E-state index contributed by atoms with van der Waals surface area (Å²) in [5.41, 5.74) is 0.705. The average molecular weight is 196 g/mol. The van der Waals surface area contributed by atoms with Gasteiger partial charge in [0.2, 0.25) is 0 Å². The fraction of sp³-hybridized carbons (Fsp3) is 0.846. The summed E-state index contributed by atoms with van der Waals surface area (Å²) in [6.07, 6.45) is 4.26. The summed E-state index contributed by atoms with van der Waals surface area (Å²) in [5.74, 6) is 1.50. The average Bonchev–Trinajstić information content (AvgIpc) is 2.02. The molecule has 3 atom stereocenters. The molecule has 0 heterocycles. The number of hydrogen-bond donors (Lipinski definition) is 1. The molecule has 0 aromatic carbocycles. The molecule has 1 aliphatic rings. The standard InChI is InChI=1S/C13H24O/c1-6-12-11(5)7-10(4)8-13(12,14)9(2)3/h6,9-11,14H,7-8H2,1-5H3/b12-6+/t10-,11-,13-/m1/s1. The predicted molar refractivity (Wildman–Crippen MR) is 61.1 cm³/mol. The van der Waals surface area contributed by atoms with Gasteiger partial charge in [-0.2, -0.15) is 0 Å². The third kappa shape index (κ3) is 1.88. The van der Waals surface area contributed by atoms with Crippen molar-refractivity contribution in [2.45, 2.75) is 53.1 Å². The highest BCUT2D eigenvalue weighted by Crippen LogP contribution is 2.44. The predicted octanol–water partition coefficient (Wildman–Crippen LogP) is 3.39. The Morgan fingerprint density at radius 2 is 2.00 bits per heavy atom. The molecule has 0 aromatic rings. The topological polar surface area (TPSA) is 20.2 Å². The zero-order chi connectivity index (χ0) is 10.9. The number of hydrogen-bond acceptors (Lipinski definition) is 1. The van der Waals surface area contributed by atoms with Crippen LogP contribution >= 0.6 is 0 Å². The van der Waals surface area contributed by atoms with Crippen LogP contribution in [-0.2, 0) is 0 Å². The molecule has 0 aromatic heterocycles. The molecular weight excluding hydrogens is 172 g/mol. The normalized spacial score (nSPS) is 42.1. The molecule has 0 bridgehead atoms. The van der Waals surface area contributed by atoms with Crippen LogP contribution in [-0.4, -0.2) is 10.7 Å². The van der Waals surface area contributed by atoms with Crippen molar-refractivity contribution in [1.82, 2.24) is 0 Å². The van der Waals surface area contributed by atoms with Gasteiger partial charge in [0.15, 0.2) is 0 Å². The van der Waals surface area contributed by atoms with Gasteiger partial charge in [0, 0.05) is 0 Å². The molecule has 0 amide bonds. The molecule has 0 radical (unpaired) electrons. The largest absolute Gasteiger partial charge is 0.385 e. The van der Waals surface area contributed by atoms with Crippen LogP contribution < -0.4 is 0 Å². The maximum Gasteiger partial charge on any atom is 0.0884 e. The van der Waals surface area contributed by atoms with Crippen LogP contribution in [0.25, 0.3) is 0 Å². The summed E-state index contributed by atoms with van der Waals surface area (Å²) in [5, 5.41) is 10.7. The van der Waals surface area contributed by atoms with Gasteiger partial charge in [0.25, 0.3) is 0 Å². The van der Waals surface area contributed by atoms with Crippen molar-refractivity contribution in [3.05, 3.63) is 11.6 Å². The van der Waals surface area contributed by atoms with Gasteiger partial charge in [-0.25, -0.2) is 0 Å². The van der Waals surface area contributed by atoms with Crippen molar-refractivity contribution in [3.8, 4) is 0 Å². The molecule has 1 heteroatoms. The SMILES string of the molecule is C/C=C1\[C@H](C)C[C@@H](C)C[C@@]1(O)C(C)C. The van der Waals surface area contributed by atoms with E-state index in [1.165, 1.54) is 12.0 Å². The van der Waals surface area contributed by atoms with Gasteiger partial charge in [-0.3, -0.25) is 0 Å². The number of aliphatic hydroxyl groups is 1. The molecule has 1 fully saturated rings. The van der Waals surface area contributed by atoms with E-state index in [0.717, 1.165) is 6.42 Å². The Morgan fingerprint density at radius 1 is 1.43 bits per heavy atom. The fourth-order valence-corrected chi connectivity index (χ4v) is 2.99. The van der Waals surface area contributed by atoms with Crippen molar-refractivity contribution in [3.63, 3.8) is 0 Å². The first kappa shape index (κ1) is 11.8. The minimum absolute atomic E-state index is 0.318. The first-order valence-electron chi connectivity index (χ1n) is 5.80. The second kappa shape index (κ2) is 4.06. The van der Waals surface area contributed by atoms with Gasteiger partial charge in [-0.15, -0.1) is 0 Å². The Morgan fingerprint density at radius 3 is 2.43 bits per heavy atom. The van der Waals surface area contributed by atoms with Crippen molar-refractivity contribution in [2.24, 2.45) is 17.8 Å². The van der Waals surface area contributed by atoms with Gasteiger partial charge in [0.1, 0.15) is 0 Å². The van der Waals surface area contributed by atoms with E-state index in [1.54, 1.807) is 0 Å². The van der Waals surface area contributed by atoms with Gasteiger partial charge in [-0.1, -0.05) is 33.8 Å². The van der Waals surface area contributed by atoms with Gasteiger partial charge in [0.05, 0.1) is 5.60 Å². The summed E-state index contributed by atoms with van der Waals surface area (Å²) < 4.78 is 0. The van der Waals surface area contributed by atoms with E-state index >= 15 is 0 Å². The lowest BCUT2D eigenvalue weighted by Crippen LogP contribution is -2.44. The highest BCUT2D eigenvalue weighted by Gasteiger charge is 2.42.